The van der Waals surface area contributed by atoms with Crippen LogP contribution in [0.5, 0.6) is 11.8 Å². The fraction of sp³-hybridized carbons (Fsp3) is 0.565. The SMILES string of the molecule is CCCCN(CCC)c1nc(/C=N/Nc2ccc(O)cc2)nc(OCCN2CCOCC2)n1. The summed E-state index contributed by atoms with van der Waals surface area (Å²) in [6, 6.07) is 6.96. The fourth-order valence-electron chi connectivity index (χ4n) is 3.35. The Morgan fingerprint density at radius 2 is 1.91 bits per heavy atom. The highest BCUT2D eigenvalue weighted by Gasteiger charge is 2.14. The van der Waals surface area contributed by atoms with E-state index in [-0.39, 0.29) is 5.75 Å². The summed E-state index contributed by atoms with van der Waals surface area (Å²) >= 11 is 0. The monoisotopic (exact) mass is 457 g/mol. The second kappa shape index (κ2) is 13.5. The number of aromatic hydroxyl groups is 1. The Bertz CT molecular complexity index is 858. The number of benzene rings is 1. The molecule has 0 amide bonds. The van der Waals surface area contributed by atoms with Gasteiger partial charge in [0.1, 0.15) is 12.4 Å². The number of hydrogen-bond acceptors (Lipinski definition) is 10. The van der Waals surface area contributed by atoms with E-state index < -0.39 is 0 Å². The molecule has 0 saturated carbocycles. The Morgan fingerprint density at radius 3 is 2.64 bits per heavy atom. The minimum Gasteiger partial charge on any atom is -0.508 e. The van der Waals surface area contributed by atoms with Crippen LogP contribution in [0, 0.1) is 0 Å². The van der Waals surface area contributed by atoms with Gasteiger partial charge in [0.25, 0.3) is 0 Å². The maximum Gasteiger partial charge on any atom is 0.321 e. The highest BCUT2D eigenvalue weighted by Crippen LogP contribution is 2.15. The van der Waals surface area contributed by atoms with Gasteiger partial charge in [-0.3, -0.25) is 10.3 Å². The molecule has 1 aliphatic heterocycles. The summed E-state index contributed by atoms with van der Waals surface area (Å²) in [5.74, 6) is 1.23. The number of phenols is 1. The van der Waals surface area contributed by atoms with Gasteiger partial charge in [-0.1, -0.05) is 20.3 Å². The molecule has 10 nitrogen and oxygen atoms in total. The highest BCUT2D eigenvalue weighted by molar-refractivity contribution is 5.75. The Kier molecular flexibility index (Phi) is 10.1. The molecule has 1 fully saturated rings. The van der Waals surface area contributed by atoms with E-state index >= 15 is 0 Å². The lowest BCUT2D eigenvalue weighted by atomic mass is 10.3. The zero-order valence-electron chi connectivity index (χ0n) is 19.6. The molecule has 0 atom stereocenters. The van der Waals surface area contributed by atoms with Crippen molar-refractivity contribution < 1.29 is 14.6 Å². The van der Waals surface area contributed by atoms with Crippen LogP contribution in [0.15, 0.2) is 29.4 Å². The van der Waals surface area contributed by atoms with Crippen LogP contribution >= 0.6 is 0 Å². The van der Waals surface area contributed by atoms with Gasteiger partial charge in [-0.2, -0.15) is 20.1 Å². The number of unbranched alkanes of at least 4 members (excludes halogenated alkanes) is 1. The van der Waals surface area contributed by atoms with Crippen molar-refractivity contribution in [1.82, 2.24) is 19.9 Å². The van der Waals surface area contributed by atoms with Gasteiger partial charge in [0.2, 0.25) is 5.95 Å². The molecule has 0 radical (unpaired) electrons. The van der Waals surface area contributed by atoms with Crippen LogP contribution in [0.4, 0.5) is 11.6 Å². The zero-order valence-corrected chi connectivity index (χ0v) is 19.6. The first-order chi connectivity index (χ1) is 16.2. The van der Waals surface area contributed by atoms with Crippen LogP contribution < -0.4 is 15.1 Å². The number of phenolic OH excluding ortho intramolecular Hbond substituents is 1. The lowest BCUT2D eigenvalue weighted by Gasteiger charge is -2.26. The van der Waals surface area contributed by atoms with Crippen molar-refractivity contribution in [2.24, 2.45) is 5.10 Å². The van der Waals surface area contributed by atoms with E-state index in [1.165, 1.54) is 0 Å². The molecule has 0 unspecified atom stereocenters. The Hall–Kier alpha value is -2.98. The molecule has 2 N–H and O–H groups in total. The third-order valence-corrected chi connectivity index (χ3v) is 5.16. The van der Waals surface area contributed by atoms with E-state index in [1.807, 2.05) is 0 Å². The zero-order chi connectivity index (χ0) is 23.3. The van der Waals surface area contributed by atoms with Crippen LogP contribution in [0.1, 0.15) is 38.9 Å². The molecule has 0 bridgehead atoms. The summed E-state index contributed by atoms with van der Waals surface area (Å²) in [4.78, 5) is 18.1. The summed E-state index contributed by atoms with van der Waals surface area (Å²) in [7, 11) is 0. The van der Waals surface area contributed by atoms with Gasteiger partial charge >= 0.3 is 6.01 Å². The number of ether oxygens (including phenoxy) is 2. The molecule has 180 valence electrons. The third-order valence-electron chi connectivity index (χ3n) is 5.16. The number of nitrogens with one attached hydrogen (secondary N) is 1. The number of hydrazone groups is 1. The van der Waals surface area contributed by atoms with Gasteiger partial charge in [0.05, 0.1) is 25.1 Å². The minimum absolute atomic E-state index is 0.202. The van der Waals surface area contributed by atoms with Crippen LogP contribution in [-0.4, -0.2) is 83.7 Å². The number of hydrogen-bond donors (Lipinski definition) is 2. The quantitative estimate of drug-likeness (QED) is 0.267. The summed E-state index contributed by atoms with van der Waals surface area (Å²) in [5, 5.41) is 13.7. The number of anilines is 2. The topological polar surface area (TPSA) is 108 Å². The molecule has 0 aliphatic carbocycles. The number of rotatable bonds is 13. The van der Waals surface area contributed by atoms with Crippen molar-refractivity contribution in [2.75, 3.05) is 62.9 Å². The van der Waals surface area contributed by atoms with E-state index in [9.17, 15) is 5.11 Å². The fourth-order valence-corrected chi connectivity index (χ4v) is 3.35. The van der Waals surface area contributed by atoms with Crippen molar-refractivity contribution >= 4 is 17.9 Å². The van der Waals surface area contributed by atoms with Crippen molar-refractivity contribution in [3.63, 3.8) is 0 Å². The lowest BCUT2D eigenvalue weighted by Crippen LogP contribution is -2.38. The van der Waals surface area contributed by atoms with Crippen molar-refractivity contribution in [1.29, 1.82) is 0 Å². The van der Waals surface area contributed by atoms with Gasteiger partial charge in [-0.15, -0.1) is 0 Å². The molecule has 3 rings (SSSR count). The van der Waals surface area contributed by atoms with Crippen LogP contribution in [0.25, 0.3) is 0 Å². The first kappa shape index (κ1) is 24.7. The van der Waals surface area contributed by atoms with E-state index in [1.54, 1.807) is 30.5 Å². The predicted molar refractivity (Wildman–Crippen MR) is 129 cm³/mol. The molecule has 1 aromatic heterocycles. The van der Waals surface area contributed by atoms with Crippen molar-refractivity contribution in [3.05, 3.63) is 30.1 Å². The Balaban J connectivity index is 1.71. The van der Waals surface area contributed by atoms with Crippen molar-refractivity contribution in [3.8, 4) is 11.8 Å². The normalized spacial score (nSPS) is 14.5. The van der Waals surface area contributed by atoms with E-state index in [2.05, 4.69) is 49.1 Å². The van der Waals surface area contributed by atoms with Crippen LogP contribution in [-0.2, 0) is 4.74 Å². The molecular formula is C23H35N7O3. The molecule has 1 aromatic carbocycles. The van der Waals surface area contributed by atoms with E-state index in [0.717, 1.165) is 70.9 Å². The van der Waals surface area contributed by atoms with Gasteiger partial charge in [0.15, 0.2) is 5.82 Å². The second-order valence-electron chi connectivity index (χ2n) is 7.84. The van der Waals surface area contributed by atoms with E-state index in [0.29, 0.717) is 24.4 Å². The first-order valence-electron chi connectivity index (χ1n) is 11.7. The minimum atomic E-state index is 0.202. The number of morpholine rings is 1. The van der Waals surface area contributed by atoms with Gasteiger partial charge < -0.3 is 19.5 Å². The summed E-state index contributed by atoms with van der Waals surface area (Å²) in [6.45, 7) is 10.7. The highest BCUT2D eigenvalue weighted by atomic mass is 16.5. The van der Waals surface area contributed by atoms with Gasteiger partial charge in [0, 0.05) is 32.7 Å². The smallest absolute Gasteiger partial charge is 0.321 e. The Labute approximate surface area is 195 Å². The number of aromatic nitrogens is 3. The average molecular weight is 458 g/mol. The van der Waals surface area contributed by atoms with Gasteiger partial charge in [-0.25, -0.2) is 0 Å². The van der Waals surface area contributed by atoms with Gasteiger partial charge in [-0.05, 0) is 37.1 Å². The molecule has 33 heavy (non-hydrogen) atoms. The van der Waals surface area contributed by atoms with E-state index in [4.69, 9.17) is 9.47 Å². The summed E-state index contributed by atoms with van der Waals surface area (Å²) in [6.07, 6.45) is 4.70. The number of nitrogens with zero attached hydrogens (tertiary/aromatic N) is 6. The van der Waals surface area contributed by atoms with Crippen LogP contribution in [0.3, 0.4) is 0 Å². The average Bonchev–Trinajstić information content (AvgIpc) is 2.83. The molecule has 1 aliphatic rings. The summed E-state index contributed by atoms with van der Waals surface area (Å²) < 4.78 is 11.3. The molecule has 1 saturated heterocycles. The molecular weight excluding hydrogens is 422 g/mol. The Morgan fingerprint density at radius 1 is 1.12 bits per heavy atom. The molecule has 10 heteroatoms. The molecule has 2 heterocycles. The first-order valence-corrected chi connectivity index (χ1v) is 11.7. The second-order valence-corrected chi connectivity index (χ2v) is 7.84. The predicted octanol–water partition coefficient (Wildman–Crippen LogP) is 2.75. The largest absolute Gasteiger partial charge is 0.508 e. The lowest BCUT2D eigenvalue weighted by molar-refractivity contribution is 0.0317. The third kappa shape index (κ3) is 8.47. The standard InChI is InChI=1S/C23H35N7O3/c1-3-5-11-30(10-4-2)22-25-21(18-24-28-19-6-8-20(31)9-7-19)26-23(27-22)33-17-14-29-12-15-32-16-13-29/h6-9,18,28,31H,3-5,10-17H2,1-2H3/b24-18+. The maximum atomic E-state index is 9.41. The molecule has 2 aromatic rings. The summed E-state index contributed by atoms with van der Waals surface area (Å²) in [5.41, 5.74) is 3.67. The van der Waals surface area contributed by atoms with Crippen LogP contribution in [0.2, 0.25) is 0 Å². The molecule has 0 spiro atoms. The van der Waals surface area contributed by atoms with Crippen molar-refractivity contribution in [2.45, 2.75) is 33.1 Å². The maximum absolute atomic E-state index is 9.41.